The first-order valence-electron chi connectivity index (χ1n) is 4.36. The second-order valence-electron chi connectivity index (χ2n) is 2.95. The average molecular weight is 224 g/mol. The number of hydrogen-bond acceptors (Lipinski definition) is 2. The van der Waals surface area contributed by atoms with Gasteiger partial charge in [0.25, 0.3) is 0 Å². The average Bonchev–Trinajstić information content (AvgIpc) is 2.63. The van der Waals surface area contributed by atoms with Crippen molar-refractivity contribution < 1.29 is 0 Å². The maximum Gasteiger partial charge on any atom is 0.0516 e. The van der Waals surface area contributed by atoms with E-state index in [4.69, 9.17) is 11.6 Å². The molecule has 0 saturated carbocycles. The highest BCUT2D eigenvalue weighted by atomic mass is 35.5. The predicted molar refractivity (Wildman–Crippen MR) is 63.1 cm³/mol. The first kappa shape index (κ1) is 9.56. The van der Waals surface area contributed by atoms with E-state index in [0.717, 1.165) is 17.3 Å². The molecule has 1 N–H and O–H groups in total. The predicted octanol–water partition coefficient (Wildman–Crippen LogP) is 4.01. The third-order valence-corrected chi connectivity index (χ3v) is 3.15. The zero-order valence-electron chi connectivity index (χ0n) is 7.53. The summed E-state index contributed by atoms with van der Waals surface area (Å²) in [5, 5.41) is 6.09. The smallest absolute Gasteiger partial charge is 0.0516 e. The van der Waals surface area contributed by atoms with E-state index >= 15 is 0 Å². The zero-order chi connectivity index (χ0) is 9.80. The molecule has 3 heteroatoms. The summed E-state index contributed by atoms with van der Waals surface area (Å²) < 4.78 is 0. The molecule has 1 nitrogen and oxygen atoms in total. The van der Waals surface area contributed by atoms with Gasteiger partial charge < -0.3 is 5.32 Å². The zero-order valence-corrected chi connectivity index (χ0v) is 9.11. The minimum absolute atomic E-state index is 0.819. The molecule has 0 aliphatic carbocycles. The largest absolute Gasteiger partial charge is 0.380 e. The normalized spacial score (nSPS) is 10.1. The third kappa shape index (κ3) is 2.50. The molecule has 0 radical (unpaired) electrons. The second-order valence-corrected chi connectivity index (χ2v) is 4.38. The van der Waals surface area contributed by atoms with Crippen LogP contribution in [-0.4, -0.2) is 0 Å². The van der Waals surface area contributed by atoms with E-state index < -0.39 is 0 Å². The van der Waals surface area contributed by atoms with Crippen molar-refractivity contribution in [3.8, 4) is 0 Å². The van der Waals surface area contributed by atoms with Gasteiger partial charge in [-0.15, -0.1) is 11.3 Å². The molecule has 0 amide bonds. The molecule has 2 aromatic rings. The topological polar surface area (TPSA) is 12.0 Å². The number of halogens is 1. The third-order valence-electron chi connectivity index (χ3n) is 1.86. The lowest BCUT2D eigenvalue weighted by Gasteiger charge is -2.03. The van der Waals surface area contributed by atoms with E-state index in [1.165, 1.54) is 4.88 Å². The fraction of sp³-hybridized carbons (Fsp3) is 0.0909. The Bertz CT molecular complexity index is 397. The van der Waals surface area contributed by atoms with Crippen molar-refractivity contribution in [3.63, 3.8) is 0 Å². The number of thiophene rings is 1. The summed E-state index contributed by atoms with van der Waals surface area (Å²) >= 11 is 7.50. The van der Waals surface area contributed by atoms with Gasteiger partial charge in [-0.3, -0.25) is 0 Å². The molecule has 1 aromatic carbocycles. The van der Waals surface area contributed by atoms with E-state index in [2.05, 4.69) is 17.4 Å². The van der Waals surface area contributed by atoms with Crippen LogP contribution in [0.2, 0.25) is 5.02 Å². The Balaban J connectivity index is 1.95. The lowest BCUT2D eigenvalue weighted by molar-refractivity contribution is 1.19. The van der Waals surface area contributed by atoms with Gasteiger partial charge >= 0.3 is 0 Å². The molecule has 0 bridgehead atoms. The van der Waals surface area contributed by atoms with Crippen LogP contribution in [0.4, 0.5) is 5.69 Å². The lowest BCUT2D eigenvalue weighted by Crippen LogP contribution is -1.96. The maximum absolute atomic E-state index is 5.82. The van der Waals surface area contributed by atoms with Gasteiger partial charge in [0.2, 0.25) is 0 Å². The second kappa shape index (κ2) is 4.49. The van der Waals surface area contributed by atoms with Crippen molar-refractivity contribution in [2.24, 2.45) is 0 Å². The Labute approximate surface area is 92.3 Å². The summed E-state index contributed by atoms with van der Waals surface area (Å²) in [6, 6.07) is 12.1. The van der Waals surface area contributed by atoms with Crippen LogP contribution < -0.4 is 5.32 Å². The first-order chi connectivity index (χ1) is 6.84. The SMILES string of the molecule is Clc1csc(CNc2ccccc2)c1. The van der Waals surface area contributed by atoms with Gasteiger partial charge in [-0.25, -0.2) is 0 Å². The minimum Gasteiger partial charge on any atom is -0.380 e. The molecule has 0 unspecified atom stereocenters. The van der Waals surface area contributed by atoms with E-state index in [-0.39, 0.29) is 0 Å². The number of anilines is 1. The van der Waals surface area contributed by atoms with Crippen LogP contribution in [0, 0.1) is 0 Å². The molecule has 2 rings (SSSR count). The van der Waals surface area contributed by atoms with E-state index in [0.29, 0.717) is 0 Å². The van der Waals surface area contributed by atoms with Gasteiger partial charge in [0.05, 0.1) is 5.02 Å². The molecule has 0 atom stereocenters. The fourth-order valence-electron chi connectivity index (χ4n) is 1.19. The van der Waals surface area contributed by atoms with Crippen LogP contribution in [0.1, 0.15) is 4.88 Å². The van der Waals surface area contributed by atoms with Crippen LogP contribution in [0.5, 0.6) is 0 Å². The molecule has 14 heavy (non-hydrogen) atoms. The first-order valence-corrected chi connectivity index (χ1v) is 5.62. The van der Waals surface area contributed by atoms with Crippen molar-refractivity contribution in [1.82, 2.24) is 0 Å². The molecule has 0 saturated heterocycles. The van der Waals surface area contributed by atoms with Crippen molar-refractivity contribution in [3.05, 3.63) is 51.7 Å². The number of para-hydroxylation sites is 1. The van der Waals surface area contributed by atoms with Crippen molar-refractivity contribution in [2.45, 2.75) is 6.54 Å². The summed E-state index contributed by atoms with van der Waals surface area (Å²) in [7, 11) is 0. The standard InChI is InChI=1S/C11H10ClNS/c12-9-6-11(14-8-9)7-13-10-4-2-1-3-5-10/h1-6,8,13H,7H2. The minimum atomic E-state index is 0.819. The van der Waals surface area contributed by atoms with E-state index in [9.17, 15) is 0 Å². The van der Waals surface area contributed by atoms with Gasteiger partial charge in [-0.1, -0.05) is 29.8 Å². The fourth-order valence-corrected chi connectivity index (χ4v) is 2.20. The van der Waals surface area contributed by atoms with Crippen LogP contribution in [0.3, 0.4) is 0 Å². The monoisotopic (exact) mass is 223 g/mol. The summed E-state index contributed by atoms with van der Waals surface area (Å²) in [5.41, 5.74) is 1.14. The molecule has 0 aliphatic heterocycles. The summed E-state index contributed by atoms with van der Waals surface area (Å²) in [4.78, 5) is 1.25. The molecular formula is C11H10ClNS. The van der Waals surface area contributed by atoms with Crippen LogP contribution in [-0.2, 0) is 6.54 Å². The Hall–Kier alpha value is -0.990. The van der Waals surface area contributed by atoms with Crippen molar-refractivity contribution >= 4 is 28.6 Å². The van der Waals surface area contributed by atoms with Crippen molar-refractivity contribution in [1.29, 1.82) is 0 Å². The van der Waals surface area contributed by atoms with Crippen molar-refractivity contribution in [2.75, 3.05) is 5.32 Å². The highest BCUT2D eigenvalue weighted by molar-refractivity contribution is 7.10. The van der Waals surface area contributed by atoms with Crippen LogP contribution >= 0.6 is 22.9 Å². The highest BCUT2D eigenvalue weighted by Crippen LogP contribution is 2.20. The molecule has 72 valence electrons. The Morgan fingerprint density at radius 1 is 1.21 bits per heavy atom. The van der Waals surface area contributed by atoms with Gasteiger partial charge in [-0.05, 0) is 18.2 Å². The van der Waals surface area contributed by atoms with Gasteiger partial charge in [-0.2, -0.15) is 0 Å². The molecule has 0 fully saturated rings. The van der Waals surface area contributed by atoms with E-state index in [1.807, 2.05) is 29.6 Å². The summed E-state index contributed by atoms with van der Waals surface area (Å²) in [6.07, 6.45) is 0. The Morgan fingerprint density at radius 2 is 2.00 bits per heavy atom. The van der Waals surface area contributed by atoms with Crippen LogP contribution in [0.15, 0.2) is 41.8 Å². The molecule has 0 aliphatic rings. The number of benzene rings is 1. The van der Waals surface area contributed by atoms with Crippen LogP contribution in [0.25, 0.3) is 0 Å². The number of rotatable bonds is 3. The highest BCUT2D eigenvalue weighted by Gasteiger charge is 1.96. The summed E-state index contributed by atoms with van der Waals surface area (Å²) in [6.45, 7) is 0.835. The van der Waals surface area contributed by atoms with E-state index in [1.54, 1.807) is 11.3 Å². The maximum atomic E-state index is 5.82. The summed E-state index contributed by atoms with van der Waals surface area (Å²) in [5.74, 6) is 0. The number of hydrogen-bond donors (Lipinski definition) is 1. The van der Waals surface area contributed by atoms with Gasteiger partial charge in [0, 0.05) is 22.5 Å². The Morgan fingerprint density at radius 3 is 2.64 bits per heavy atom. The van der Waals surface area contributed by atoms with Gasteiger partial charge in [0.15, 0.2) is 0 Å². The van der Waals surface area contributed by atoms with Gasteiger partial charge in [0.1, 0.15) is 0 Å². The lowest BCUT2D eigenvalue weighted by atomic mass is 10.3. The number of nitrogens with one attached hydrogen (secondary N) is 1. The molecule has 1 heterocycles. The molecular weight excluding hydrogens is 214 g/mol. The molecule has 0 spiro atoms. The quantitative estimate of drug-likeness (QED) is 0.829. The molecule has 1 aromatic heterocycles. The Kier molecular flexibility index (Phi) is 3.07.